The summed E-state index contributed by atoms with van der Waals surface area (Å²) >= 11 is 0. The van der Waals surface area contributed by atoms with Crippen LogP contribution in [0.3, 0.4) is 0 Å². The molecular weight excluding hydrogens is 324 g/mol. The van der Waals surface area contributed by atoms with E-state index < -0.39 is 49.1 Å². The van der Waals surface area contributed by atoms with Crippen molar-refractivity contribution in [3.63, 3.8) is 0 Å². The van der Waals surface area contributed by atoms with Crippen LogP contribution in [0.1, 0.15) is 27.2 Å². The summed E-state index contributed by atoms with van der Waals surface area (Å²) in [6.45, 7) is -0.617. The van der Waals surface area contributed by atoms with E-state index in [0.717, 1.165) is 10.9 Å². The number of carbonyl (C=O) groups excluding carboxylic acids is 2. The fourth-order valence-corrected chi connectivity index (χ4v) is 2.49. The zero-order chi connectivity index (χ0) is 18.0. The van der Waals surface area contributed by atoms with Crippen LogP contribution < -0.4 is 10.6 Å². The van der Waals surface area contributed by atoms with Gasteiger partial charge in [-0.2, -0.15) is 0 Å². The highest BCUT2D eigenvalue weighted by atomic mass is 16.6. The summed E-state index contributed by atoms with van der Waals surface area (Å²) in [5.41, 5.74) is -0.394. The maximum atomic E-state index is 12.1. The molecule has 5 atom stereocenters. The van der Waals surface area contributed by atoms with Gasteiger partial charge < -0.3 is 35.8 Å². The standard InChI is InChI=1S/C13H20N4O7/c1-14-11(22)6-7(12(23)15-2)17(4-16-6)13-10(21)9(20)8(19)5(3-18)24-13/h4-5,8-10,13,18-21H,3H2,1-2H3,(H,14,22)(H,15,23). The third-order valence-corrected chi connectivity index (χ3v) is 3.82. The summed E-state index contributed by atoms with van der Waals surface area (Å²) < 4.78 is 6.46. The molecule has 1 fully saturated rings. The van der Waals surface area contributed by atoms with Gasteiger partial charge in [-0.25, -0.2) is 4.98 Å². The number of nitrogens with one attached hydrogen (secondary N) is 2. The number of aromatic nitrogens is 2. The number of rotatable bonds is 4. The summed E-state index contributed by atoms with van der Waals surface area (Å²) in [7, 11) is 2.71. The largest absolute Gasteiger partial charge is 0.394 e. The SMILES string of the molecule is CNC(=O)c1ncn(C2OC(CO)C(O)C(O)C2O)c1C(=O)NC. The van der Waals surface area contributed by atoms with Crippen molar-refractivity contribution in [3.8, 4) is 0 Å². The van der Waals surface area contributed by atoms with Gasteiger partial charge in [-0.15, -0.1) is 0 Å². The van der Waals surface area contributed by atoms with E-state index in [1.54, 1.807) is 0 Å². The Kier molecular flexibility index (Phi) is 5.51. The molecule has 2 amide bonds. The Morgan fingerprint density at radius 2 is 1.79 bits per heavy atom. The lowest BCUT2D eigenvalue weighted by Gasteiger charge is -2.40. The van der Waals surface area contributed by atoms with Gasteiger partial charge in [0.05, 0.1) is 12.9 Å². The van der Waals surface area contributed by atoms with Crippen molar-refractivity contribution in [2.24, 2.45) is 0 Å². The number of carbonyl (C=O) groups is 2. The third-order valence-electron chi connectivity index (χ3n) is 3.82. The van der Waals surface area contributed by atoms with E-state index in [2.05, 4.69) is 15.6 Å². The highest BCUT2D eigenvalue weighted by molar-refractivity contribution is 6.04. The Morgan fingerprint density at radius 3 is 2.33 bits per heavy atom. The lowest BCUT2D eigenvalue weighted by atomic mass is 9.98. The van der Waals surface area contributed by atoms with Gasteiger partial charge >= 0.3 is 0 Å². The van der Waals surface area contributed by atoms with Crippen LogP contribution in [0.15, 0.2) is 6.33 Å². The minimum absolute atomic E-state index is 0.193. The maximum absolute atomic E-state index is 12.1. The van der Waals surface area contributed by atoms with Gasteiger partial charge in [0.25, 0.3) is 11.8 Å². The molecule has 2 heterocycles. The number of aliphatic hydroxyl groups is 4. The normalized spacial score (nSPS) is 30.0. The van der Waals surface area contributed by atoms with E-state index in [1.807, 2.05) is 0 Å². The van der Waals surface area contributed by atoms with E-state index in [9.17, 15) is 30.0 Å². The molecule has 1 aromatic rings. The number of amides is 2. The molecule has 1 aliphatic rings. The van der Waals surface area contributed by atoms with Crippen LogP contribution in [0.25, 0.3) is 0 Å². The van der Waals surface area contributed by atoms with Crippen LogP contribution in [-0.4, -0.2) is 86.9 Å². The fraction of sp³-hybridized carbons (Fsp3) is 0.615. The van der Waals surface area contributed by atoms with E-state index in [1.165, 1.54) is 14.1 Å². The van der Waals surface area contributed by atoms with Gasteiger partial charge in [0.15, 0.2) is 11.9 Å². The smallest absolute Gasteiger partial charge is 0.272 e. The second kappa shape index (κ2) is 7.23. The molecule has 6 N–H and O–H groups in total. The van der Waals surface area contributed by atoms with Gasteiger partial charge in [-0.1, -0.05) is 0 Å². The molecule has 1 aromatic heterocycles. The van der Waals surface area contributed by atoms with Crippen LogP contribution in [0.5, 0.6) is 0 Å². The molecule has 0 bridgehead atoms. The number of aliphatic hydroxyl groups excluding tert-OH is 4. The highest BCUT2D eigenvalue weighted by Gasteiger charge is 2.45. The molecule has 0 aliphatic carbocycles. The van der Waals surface area contributed by atoms with Crippen LogP contribution >= 0.6 is 0 Å². The molecule has 11 heteroatoms. The van der Waals surface area contributed by atoms with Crippen molar-refractivity contribution < 1.29 is 34.8 Å². The Bertz CT molecular complexity index is 617. The minimum Gasteiger partial charge on any atom is -0.394 e. The van der Waals surface area contributed by atoms with Crippen molar-refractivity contribution in [2.45, 2.75) is 30.6 Å². The third kappa shape index (κ3) is 2.99. The lowest BCUT2D eigenvalue weighted by molar-refractivity contribution is -0.251. The zero-order valence-corrected chi connectivity index (χ0v) is 13.1. The molecule has 134 valence electrons. The molecule has 0 saturated carbocycles. The fourth-order valence-electron chi connectivity index (χ4n) is 2.49. The second-order valence-electron chi connectivity index (χ2n) is 5.23. The number of ether oxygens (including phenoxy) is 1. The van der Waals surface area contributed by atoms with Crippen LogP contribution in [0.2, 0.25) is 0 Å². The predicted octanol–water partition coefficient (Wildman–Crippen LogP) is -3.43. The quantitative estimate of drug-likeness (QED) is 0.328. The Labute approximate surface area is 136 Å². The van der Waals surface area contributed by atoms with E-state index >= 15 is 0 Å². The molecular formula is C13H20N4O7. The van der Waals surface area contributed by atoms with Gasteiger partial charge in [-0.3, -0.25) is 14.2 Å². The first-order chi connectivity index (χ1) is 11.4. The average molecular weight is 344 g/mol. The summed E-state index contributed by atoms with van der Waals surface area (Å²) in [5.74, 6) is -1.29. The predicted molar refractivity (Wildman–Crippen MR) is 78.0 cm³/mol. The molecule has 2 rings (SSSR count). The molecule has 0 spiro atoms. The van der Waals surface area contributed by atoms with Gasteiger partial charge in [0.2, 0.25) is 0 Å². The minimum atomic E-state index is -1.62. The monoisotopic (exact) mass is 344 g/mol. The van der Waals surface area contributed by atoms with Crippen molar-refractivity contribution in [1.82, 2.24) is 20.2 Å². The summed E-state index contributed by atoms with van der Waals surface area (Å²) in [4.78, 5) is 27.9. The van der Waals surface area contributed by atoms with Gasteiger partial charge in [0.1, 0.15) is 30.1 Å². The van der Waals surface area contributed by atoms with Crippen molar-refractivity contribution in [2.75, 3.05) is 20.7 Å². The second-order valence-corrected chi connectivity index (χ2v) is 5.23. The van der Waals surface area contributed by atoms with E-state index in [0.29, 0.717) is 0 Å². The molecule has 5 unspecified atom stereocenters. The van der Waals surface area contributed by atoms with Gasteiger partial charge in [0, 0.05) is 14.1 Å². The Balaban J connectivity index is 2.49. The number of hydrogen-bond acceptors (Lipinski definition) is 8. The van der Waals surface area contributed by atoms with E-state index in [4.69, 9.17) is 4.74 Å². The number of imidazole rings is 1. The first kappa shape index (κ1) is 18.3. The summed E-state index contributed by atoms with van der Waals surface area (Å²) in [5, 5.41) is 43.8. The van der Waals surface area contributed by atoms with E-state index in [-0.39, 0.29) is 11.4 Å². The first-order valence-corrected chi connectivity index (χ1v) is 7.18. The van der Waals surface area contributed by atoms with Crippen molar-refractivity contribution in [3.05, 3.63) is 17.7 Å². The summed E-state index contributed by atoms with van der Waals surface area (Å²) in [6, 6.07) is 0. The number of hydrogen-bond donors (Lipinski definition) is 6. The molecule has 1 aliphatic heterocycles. The molecule has 11 nitrogen and oxygen atoms in total. The van der Waals surface area contributed by atoms with Gasteiger partial charge in [-0.05, 0) is 0 Å². The maximum Gasteiger partial charge on any atom is 0.272 e. The van der Waals surface area contributed by atoms with Crippen LogP contribution in [-0.2, 0) is 4.74 Å². The number of nitrogens with zero attached hydrogens (tertiary/aromatic N) is 2. The average Bonchev–Trinajstić information content (AvgIpc) is 3.03. The topological polar surface area (TPSA) is 166 Å². The Morgan fingerprint density at radius 1 is 1.17 bits per heavy atom. The van der Waals surface area contributed by atoms with Crippen LogP contribution in [0.4, 0.5) is 0 Å². The zero-order valence-electron chi connectivity index (χ0n) is 13.1. The molecule has 0 aromatic carbocycles. The van der Waals surface area contributed by atoms with Crippen molar-refractivity contribution >= 4 is 11.8 Å². The lowest BCUT2D eigenvalue weighted by Crippen LogP contribution is -2.56. The Hall–Kier alpha value is -2.05. The van der Waals surface area contributed by atoms with Crippen molar-refractivity contribution in [1.29, 1.82) is 0 Å². The first-order valence-electron chi connectivity index (χ1n) is 7.18. The molecule has 0 radical (unpaired) electrons. The van der Waals surface area contributed by atoms with Crippen LogP contribution in [0, 0.1) is 0 Å². The highest BCUT2D eigenvalue weighted by Crippen LogP contribution is 2.30. The summed E-state index contributed by atoms with van der Waals surface area (Å²) in [6.07, 6.45) is -6.16. The molecule has 1 saturated heterocycles. The molecule has 24 heavy (non-hydrogen) atoms.